The SMILES string of the molecule is CCN1CCN(c2cc3c(cc2F)c(=O)c(C(=O)O)cn3C2CC2)CC1.Cl. The van der Waals surface area contributed by atoms with Gasteiger partial charge in [0.1, 0.15) is 11.4 Å². The van der Waals surface area contributed by atoms with Gasteiger partial charge in [-0.2, -0.15) is 0 Å². The lowest BCUT2D eigenvalue weighted by Gasteiger charge is -2.35. The third kappa shape index (κ3) is 3.53. The summed E-state index contributed by atoms with van der Waals surface area (Å²) in [6, 6.07) is 3.12. The summed E-state index contributed by atoms with van der Waals surface area (Å²) >= 11 is 0. The number of fused-ring (bicyclic) bond motifs is 1. The predicted octanol–water partition coefficient (Wildman–Crippen LogP) is 2.74. The van der Waals surface area contributed by atoms with E-state index in [9.17, 15) is 19.1 Å². The first-order valence-electron chi connectivity index (χ1n) is 9.08. The van der Waals surface area contributed by atoms with E-state index in [1.165, 1.54) is 12.3 Å². The molecule has 0 spiro atoms. The fourth-order valence-electron chi connectivity index (χ4n) is 3.71. The summed E-state index contributed by atoms with van der Waals surface area (Å²) in [5, 5.41) is 9.45. The highest BCUT2D eigenvalue weighted by atomic mass is 35.5. The van der Waals surface area contributed by atoms with Crippen LogP contribution in [0.2, 0.25) is 0 Å². The van der Waals surface area contributed by atoms with Gasteiger partial charge in [-0.15, -0.1) is 12.4 Å². The van der Waals surface area contributed by atoms with Crippen LogP contribution in [0, 0.1) is 5.82 Å². The molecule has 1 aromatic carbocycles. The molecule has 1 aromatic heterocycles. The monoisotopic (exact) mass is 395 g/mol. The topological polar surface area (TPSA) is 65.8 Å². The van der Waals surface area contributed by atoms with E-state index in [4.69, 9.17) is 0 Å². The van der Waals surface area contributed by atoms with E-state index >= 15 is 0 Å². The number of aromatic carboxylic acids is 1. The molecule has 27 heavy (non-hydrogen) atoms. The molecule has 1 aliphatic carbocycles. The fourth-order valence-corrected chi connectivity index (χ4v) is 3.71. The Bertz CT molecular complexity index is 934. The van der Waals surface area contributed by atoms with Crippen LogP contribution in [0.1, 0.15) is 36.2 Å². The molecule has 1 N–H and O–H groups in total. The minimum absolute atomic E-state index is 0. The largest absolute Gasteiger partial charge is 0.477 e. The molecule has 146 valence electrons. The minimum Gasteiger partial charge on any atom is -0.477 e. The zero-order valence-corrected chi connectivity index (χ0v) is 16.0. The maximum absolute atomic E-state index is 14.8. The van der Waals surface area contributed by atoms with E-state index in [1.807, 2.05) is 9.47 Å². The molecule has 2 heterocycles. The number of aromatic nitrogens is 1. The molecule has 2 aliphatic rings. The van der Waals surface area contributed by atoms with E-state index in [0.29, 0.717) is 11.2 Å². The molecule has 1 aliphatic heterocycles. The summed E-state index contributed by atoms with van der Waals surface area (Å²) in [5.41, 5.74) is 0.195. The second-order valence-corrected chi connectivity index (χ2v) is 7.06. The average Bonchev–Trinajstić information content (AvgIpc) is 3.47. The van der Waals surface area contributed by atoms with Crippen LogP contribution in [0.15, 0.2) is 23.1 Å². The number of piperazine rings is 1. The summed E-state index contributed by atoms with van der Waals surface area (Å²) in [6.07, 6.45) is 3.30. The normalized spacial score (nSPS) is 17.8. The highest BCUT2D eigenvalue weighted by Gasteiger charge is 2.28. The second kappa shape index (κ2) is 7.48. The Balaban J connectivity index is 0.00000210. The molecule has 0 bridgehead atoms. The number of rotatable bonds is 4. The molecule has 0 amide bonds. The Morgan fingerprint density at radius 1 is 1.22 bits per heavy atom. The quantitative estimate of drug-likeness (QED) is 0.862. The van der Waals surface area contributed by atoms with Crippen molar-refractivity contribution in [1.29, 1.82) is 0 Å². The first-order valence-corrected chi connectivity index (χ1v) is 9.08. The Kier molecular flexibility index (Phi) is 5.44. The van der Waals surface area contributed by atoms with Gasteiger partial charge in [-0.05, 0) is 31.5 Å². The van der Waals surface area contributed by atoms with Gasteiger partial charge in [0.05, 0.1) is 11.2 Å². The number of hydrogen-bond donors (Lipinski definition) is 1. The number of carboxylic acid groups (broad SMARTS) is 1. The standard InChI is InChI=1S/C19H22FN3O3.ClH/c1-2-21-5-7-22(8-6-21)17-10-16-13(9-15(17)20)18(24)14(19(25)26)11-23(16)12-3-4-12;/h9-12H,2-8H2,1H3,(H,25,26);1H. The van der Waals surface area contributed by atoms with Crippen molar-refractivity contribution in [3.63, 3.8) is 0 Å². The van der Waals surface area contributed by atoms with Crippen LogP contribution in [0.5, 0.6) is 0 Å². The molecular formula is C19H23ClFN3O3. The van der Waals surface area contributed by atoms with Crippen LogP contribution >= 0.6 is 12.4 Å². The van der Waals surface area contributed by atoms with Gasteiger partial charge in [0, 0.05) is 43.8 Å². The first-order chi connectivity index (χ1) is 12.5. The van der Waals surface area contributed by atoms with Gasteiger partial charge in [0.2, 0.25) is 5.43 Å². The van der Waals surface area contributed by atoms with E-state index < -0.39 is 17.2 Å². The highest BCUT2D eigenvalue weighted by molar-refractivity contribution is 5.93. The lowest BCUT2D eigenvalue weighted by molar-refractivity contribution is 0.0695. The Morgan fingerprint density at radius 3 is 2.44 bits per heavy atom. The Labute approximate surface area is 162 Å². The molecular weight excluding hydrogens is 373 g/mol. The summed E-state index contributed by atoms with van der Waals surface area (Å²) < 4.78 is 16.6. The van der Waals surface area contributed by atoms with Crippen LogP contribution in [0.25, 0.3) is 10.9 Å². The third-order valence-corrected chi connectivity index (χ3v) is 5.43. The molecule has 2 aromatic rings. The highest BCUT2D eigenvalue weighted by Crippen LogP contribution is 2.38. The number of carboxylic acids is 1. The van der Waals surface area contributed by atoms with Crippen LogP contribution in [0.3, 0.4) is 0 Å². The molecule has 8 heteroatoms. The molecule has 0 radical (unpaired) electrons. The van der Waals surface area contributed by atoms with Crippen molar-refractivity contribution in [2.24, 2.45) is 0 Å². The number of likely N-dealkylation sites (N-methyl/N-ethyl adjacent to an activating group) is 1. The third-order valence-electron chi connectivity index (χ3n) is 5.43. The zero-order chi connectivity index (χ0) is 18.4. The van der Waals surface area contributed by atoms with Crippen LogP contribution in [0.4, 0.5) is 10.1 Å². The molecule has 0 atom stereocenters. The molecule has 6 nitrogen and oxygen atoms in total. The molecule has 4 rings (SSSR count). The van der Waals surface area contributed by atoms with Crippen molar-refractivity contribution in [2.75, 3.05) is 37.6 Å². The van der Waals surface area contributed by atoms with Crippen molar-refractivity contribution in [2.45, 2.75) is 25.8 Å². The second-order valence-electron chi connectivity index (χ2n) is 7.06. The predicted molar refractivity (Wildman–Crippen MR) is 105 cm³/mol. The minimum atomic E-state index is -1.27. The number of hydrogen-bond acceptors (Lipinski definition) is 4. The number of halogens is 2. The molecule has 2 fully saturated rings. The van der Waals surface area contributed by atoms with Gasteiger partial charge in [-0.1, -0.05) is 6.92 Å². The van der Waals surface area contributed by atoms with Gasteiger partial charge in [0.25, 0.3) is 0 Å². The fraction of sp³-hybridized carbons (Fsp3) is 0.474. The summed E-state index contributed by atoms with van der Waals surface area (Å²) in [6.45, 7) is 6.31. The number of anilines is 1. The van der Waals surface area contributed by atoms with E-state index in [2.05, 4.69) is 11.8 Å². The maximum Gasteiger partial charge on any atom is 0.341 e. The number of carbonyl (C=O) groups is 1. The van der Waals surface area contributed by atoms with Crippen LogP contribution in [-0.4, -0.2) is 53.3 Å². The summed E-state index contributed by atoms with van der Waals surface area (Å²) in [5.74, 6) is -1.74. The van der Waals surface area contributed by atoms with E-state index in [1.54, 1.807) is 6.07 Å². The van der Waals surface area contributed by atoms with Gasteiger partial charge in [0.15, 0.2) is 0 Å². The van der Waals surface area contributed by atoms with Crippen LogP contribution < -0.4 is 10.3 Å². The van der Waals surface area contributed by atoms with Crippen molar-refractivity contribution in [1.82, 2.24) is 9.47 Å². The maximum atomic E-state index is 14.8. The van der Waals surface area contributed by atoms with Crippen molar-refractivity contribution in [3.05, 3.63) is 39.9 Å². The first kappa shape index (κ1) is 19.6. The summed E-state index contributed by atoms with van der Waals surface area (Å²) in [4.78, 5) is 28.2. The van der Waals surface area contributed by atoms with Gasteiger partial charge >= 0.3 is 5.97 Å². The Hall–Kier alpha value is -2.12. The van der Waals surface area contributed by atoms with Crippen molar-refractivity contribution in [3.8, 4) is 0 Å². The van der Waals surface area contributed by atoms with Crippen LogP contribution in [-0.2, 0) is 0 Å². The van der Waals surface area contributed by atoms with Gasteiger partial charge < -0.3 is 19.5 Å². The van der Waals surface area contributed by atoms with E-state index in [-0.39, 0.29) is 29.4 Å². The zero-order valence-electron chi connectivity index (χ0n) is 15.2. The number of pyridine rings is 1. The Morgan fingerprint density at radius 2 is 1.89 bits per heavy atom. The molecule has 1 saturated carbocycles. The lowest BCUT2D eigenvalue weighted by atomic mass is 10.1. The van der Waals surface area contributed by atoms with E-state index in [0.717, 1.165) is 45.6 Å². The van der Waals surface area contributed by atoms with Gasteiger partial charge in [-0.3, -0.25) is 4.79 Å². The van der Waals surface area contributed by atoms with Crippen molar-refractivity contribution >= 4 is 35.0 Å². The lowest BCUT2D eigenvalue weighted by Crippen LogP contribution is -2.46. The number of benzene rings is 1. The van der Waals surface area contributed by atoms with Gasteiger partial charge in [-0.25, -0.2) is 9.18 Å². The molecule has 0 unspecified atom stereocenters. The van der Waals surface area contributed by atoms with Crippen molar-refractivity contribution < 1.29 is 14.3 Å². The average molecular weight is 396 g/mol. The number of nitrogens with zero attached hydrogens (tertiary/aromatic N) is 3. The smallest absolute Gasteiger partial charge is 0.341 e. The molecule has 1 saturated heterocycles. The summed E-state index contributed by atoms with van der Waals surface area (Å²) in [7, 11) is 0.